The standard InChI is InChI=1S/C16H24BrNO2/c1-16(2,3)20-11-13(19)10-18-8-7-14-12(9-18)5-4-6-15(14)17/h4-6,13,19H,7-11H2,1-3H3. The van der Waals surface area contributed by atoms with Gasteiger partial charge in [-0.1, -0.05) is 28.1 Å². The van der Waals surface area contributed by atoms with Crippen molar-refractivity contribution in [2.75, 3.05) is 19.7 Å². The Morgan fingerprint density at radius 2 is 2.15 bits per heavy atom. The fraction of sp³-hybridized carbons (Fsp3) is 0.625. The summed E-state index contributed by atoms with van der Waals surface area (Å²) >= 11 is 3.61. The van der Waals surface area contributed by atoms with E-state index in [0.717, 1.165) is 19.5 Å². The van der Waals surface area contributed by atoms with E-state index in [4.69, 9.17) is 4.74 Å². The van der Waals surface area contributed by atoms with Crippen LogP contribution in [0.4, 0.5) is 0 Å². The monoisotopic (exact) mass is 341 g/mol. The molecule has 0 amide bonds. The Bertz CT molecular complexity index is 456. The number of aliphatic hydroxyl groups is 1. The largest absolute Gasteiger partial charge is 0.389 e. The van der Waals surface area contributed by atoms with Crippen LogP contribution in [0.1, 0.15) is 31.9 Å². The van der Waals surface area contributed by atoms with Crippen LogP contribution in [0.25, 0.3) is 0 Å². The number of hydrogen-bond donors (Lipinski definition) is 1. The van der Waals surface area contributed by atoms with Crippen molar-refractivity contribution >= 4 is 15.9 Å². The van der Waals surface area contributed by atoms with Gasteiger partial charge in [-0.15, -0.1) is 0 Å². The van der Waals surface area contributed by atoms with Crippen LogP contribution in [0.15, 0.2) is 22.7 Å². The predicted octanol–water partition coefficient (Wildman–Crippen LogP) is 2.98. The highest BCUT2D eigenvalue weighted by molar-refractivity contribution is 9.10. The average Bonchev–Trinajstić information content (AvgIpc) is 2.36. The Kier molecular flexibility index (Phi) is 5.24. The zero-order chi connectivity index (χ0) is 14.8. The first-order valence-electron chi connectivity index (χ1n) is 7.16. The lowest BCUT2D eigenvalue weighted by molar-refractivity contribution is -0.0569. The highest BCUT2D eigenvalue weighted by Crippen LogP contribution is 2.26. The van der Waals surface area contributed by atoms with E-state index in [2.05, 4.69) is 39.0 Å². The maximum absolute atomic E-state index is 10.1. The summed E-state index contributed by atoms with van der Waals surface area (Å²) in [6.07, 6.45) is 0.604. The van der Waals surface area contributed by atoms with Gasteiger partial charge in [0.25, 0.3) is 0 Å². The van der Waals surface area contributed by atoms with Crippen LogP contribution in [0.3, 0.4) is 0 Å². The first kappa shape index (κ1) is 16.0. The molecule has 0 saturated carbocycles. The van der Waals surface area contributed by atoms with Gasteiger partial charge in [0.15, 0.2) is 0 Å². The van der Waals surface area contributed by atoms with E-state index < -0.39 is 6.10 Å². The molecular formula is C16H24BrNO2. The Labute approximate surface area is 130 Å². The van der Waals surface area contributed by atoms with Crippen LogP contribution in [-0.4, -0.2) is 41.4 Å². The lowest BCUT2D eigenvalue weighted by atomic mass is 10.00. The summed E-state index contributed by atoms with van der Waals surface area (Å²) in [7, 11) is 0. The highest BCUT2D eigenvalue weighted by Gasteiger charge is 2.21. The summed E-state index contributed by atoms with van der Waals surface area (Å²) in [5.74, 6) is 0. The molecule has 112 valence electrons. The molecule has 0 bridgehead atoms. The van der Waals surface area contributed by atoms with Crippen LogP contribution in [-0.2, 0) is 17.7 Å². The van der Waals surface area contributed by atoms with E-state index in [-0.39, 0.29) is 5.60 Å². The summed E-state index contributed by atoms with van der Waals surface area (Å²) in [6, 6.07) is 6.34. The summed E-state index contributed by atoms with van der Waals surface area (Å²) in [4.78, 5) is 2.30. The summed E-state index contributed by atoms with van der Waals surface area (Å²) in [5, 5.41) is 10.1. The maximum atomic E-state index is 10.1. The van der Waals surface area contributed by atoms with Gasteiger partial charge >= 0.3 is 0 Å². The van der Waals surface area contributed by atoms with E-state index in [9.17, 15) is 5.11 Å². The molecular weight excluding hydrogens is 318 g/mol. The van der Waals surface area contributed by atoms with Crippen LogP contribution in [0, 0.1) is 0 Å². The van der Waals surface area contributed by atoms with Gasteiger partial charge in [-0.3, -0.25) is 4.90 Å². The average molecular weight is 342 g/mol. The van der Waals surface area contributed by atoms with E-state index in [1.807, 2.05) is 20.8 Å². The molecule has 0 fully saturated rings. The van der Waals surface area contributed by atoms with Crippen molar-refractivity contribution in [3.8, 4) is 0 Å². The molecule has 0 saturated heterocycles. The number of ether oxygens (including phenoxy) is 1. The lowest BCUT2D eigenvalue weighted by Crippen LogP contribution is -2.39. The molecule has 3 nitrogen and oxygen atoms in total. The molecule has 1 aliphatic heterocycles. The summed E-state index contributed by atoms with van der Waals surface area (Å²) in [6.45, 7) is 8.98. The summed E-state index contributed by atoms with van der Waals surface area (Å²) < 4.78 is 6.84. The molecule has 0 radical (unpaired) electrons. The quantitative estimate of drug-likeness (QED) is 0.913. The second-order valence-corrected chi connectivity index (χ2v) is 7.29. The van der Waals surface area contributed by atoms with Gasteiger partial charge in [-0.05, 0) is 44.4 Å². The normalized spacial score (nSPS) is 17.9. The number of β-amino-alcohol motifs (C(OH)–C–C–N with tert-alkyl or cyclic N) is 1. The molecule has 20 heavy (non-hydrogen) atoms. The minimum Gasteiger partial charge on any atom is -0.389 e. The van der Waals surface area contributed by atoms with Crippen molar-refractivity contribution in [2.45, 2.75) is 45.4 Å². The molecule has 1 atom stereocenters. The third kappa shape index (κ3) is 4.55. The molecule has 1 aliphatic rings. The fourth-order valence-corrected chi connectivity index (χ4v) is 3.08. The first-order chi connectivity index (χ1) is 9.35. The minimum atomic E-state index is -0.428. The number of nitrogens with zero attached hydrogens (tertiary/aromatic N) is 1. The molecule has 0 spiro atoms. The molecule has 4 heteroatoms. The molecule has 2 rings (SSSR count). The van der Waals surface area contributed by atoms with Crippen molar-refractivity contribution in [1.29, 1.82) is 0 Å². The molecule has 1 aromatic rings. The van der Waals surface area contributed by atoms with Gasteiger partial charge in [0.1, 0.15) is 0 Å². The van der Waals surface area contributed by atoms with E-state index >= 15 is 0 Å². The second kappa shape index (κ2) is 6.56. The van der Waals surface area contributed by atoms with Gasteiger partial charge in [-0.2, -0.15) is 0 Å². The van der Waals surface area contributed by atoms with Gasteiger partial charge in [0.2, 0.25) is 0 Å². The molecule has 0 aromatic heterocycles. The number of aliphatic hydroxyl groups excluding tert-OH is 1. The van der Waals surface area contributed by atoms with Crippen LogP contribution >= 0.6 is 15.9 Å². The van der Waals surface area contributed by atoms with Crippen molar-refractivity contribution in [2.24, 2.45) is 0 Å². The minimum absolute atomic E-state index is 0.194. The van der Waals surface area contributed by atoms with Crippen molar-refractivity contribution < 1.29 is 9.84 Å². The highest BCUT2D eigenvalue weighted by atomic mass is 79.9. The van der Waals surface area contributed by atoms with Gasteiger partial charge in [-0.25, -0.2) is 0 Å². The van der Waals surface area contributed by atoms with Crippen molar-refractivity contribution in [1.82, 2.24) is 4.90 Å². The summed E-state index contributed by atoms with van der Waals surface area (Å²) in [5.41, 5.74) is 2.57. The number of halogens is 1. The zero-order valence-electron chi connectivity index (χ0n) is 12.5. The van der Waals surface area contributed by atoms with E-state index in [1.54, 1.807) is 0 Å². The van der Waals surface area contributed by atoms with E-state index in [1.165, 1.54) is 15.6 Å². The number of rotatable bonds is 4. The molecule has 1 aromatic carbocycles. The molecule has 0 aliphatic carbocycles. The van der Waals surface area contributed by atoms with Gasteiger partial charge in [0.05, 0.1) is 18.3 Å². The molecule has 1 unspecified atom stereocenters. The Morgan fingerprint density at radius 1 is 1.40 bits per heavy atom. The Hall–Kier alpha value is -0.420. The van der Waals surface area contributed by atoms with Gasteiger partial charge in [0, 0.05) is 24.1 Å². The lowest BCUT2D eigenvalue weighted by Gasteiger charge is -2.31. The van der Waals surface area contributed by atoms with Crippen LogP contribution in [0.2, 0.25) is 0 Å². The zero-order valence-corrected chi connectivity index (χ0v) is 14.1. The molecule has 1 heterocycles. The van der Waals surface area contributed by atoms with Crippen LogP contribution < -0.4 is 0 Å². The predicted molar refractivity (Wildman–Crippen MR) is 84.8 cm³/mol. The third-order valence-corrected chi connectivity index (χ3v) is 4.21. The SMILES string of the molecule is CC(C)(C)OCC(O)CN1CCc2c(Br)cccc2C1. The van der Waals surface area contributed by atoms with E-state index in [0.29, 0.717) is 13.2 Å². The fourth-order valence-electron chi connectivity index (χ4n) is 2.47. The molecule has 1 N–H and O–H groups in total. The van der Waals surface area contributed by atoms with Gasteiger partial charge < -0.3 is 9.84 Å². The maximum Gasteiger partial charge on any atom is 0.0900 e. The topological polar surface area (TPSA) is 32.7 Å². The Morgan fingerprint density at radius 3 is 2.85 bits per heavy atom. The first-order valence-corrected chi connectivity index (χ1v) is 7.95. The smallest absolute Gasteiger partial charge is 0.0900 e. The van der Waals surface area contributed by atoms with Crippen molar-refractivity contribution in [3.63, 3.8) is 0 Å². The Balaban J connectivity index is 1.87. The van der Waals surface area contributed by atoms with Crippen molar-refractivity contribution in [3.05, 3.63) is 33.8 Å². The number of benzene rings is 1. The number of hydrogen-bond acceptors (Lipinski definition) is 3. The number of fused-ring (bicyclic) bond motifs is 1. The van der Waals surface area contributed by atoms with Crippen LogP contribution in [0.5, 0.6) is 0 Å². The second-order valence-electron chi connectivity index (χ2n) is 6.44. The third-order valence-electron chi connectivity index (χ3n) is 3.47.